The minimum absolute atomic E-state index is 0.0387. The Kier molecular flexibility index (Phi) is 4.91. The summed E-state index contributed by atoms with van der Waals surface area (Å²) in [5.41, 5.74) is 7.22. The summed E-state index contributed by atoms with van der Waals surface area (Å²) in [4.78, 5) is 6.46. The predicted octanol–water partition coefficient (Wildman–Crippen LogP) is 2.38. The molecule has 0 aromatic carbocycles. The molecule has 1 heterocycles. The molecular formula is C15H24N4. The van der Waals surface area contributed by atoms with E-state index in [2.05, 4.69) is 16.9 Å². The van der Waals surface area contributed by atoms with Crippen LogP contribution >= 0.6 is 0 Å². The highest BCUT2D eigenvalue weighted by Gasteiger charge is 2.15. The van der Waals surface area contributed by atoms with Crippen molar-refractivity contribution in [2.24, 2.45) is 11.7 Å². The van der Waals surface area contributed by atoms with Crippen LogP contribution < -0.4 is 5.73 Å². The Morgan fingerprint density at radius 1 is 1.42 bits per heavy atom. The number of aromatic nitrogens is 1. The lowest BCUT2D eigenvalue weighted by Gasteiger charge is -2.27. The fourth-order valence-corrected chi connectivity index (χ4v) is 2.91. The van der Waals surface area contributed by atoms with Crippen LogP contribution in [0.3, 0.4) is 0 Å². The van der Waals surface area contributed by atoms with Crippen LogP contribution in [0.25, 0.3) is 0 Å². The van der Waals surface area contributed by atoms with Gasteiger partial charge in [0.2, 0.25) is 0 Å². The molecule has 0 radical (unpaired) electrons. The highest BCUT2D eigenvalue weighted by atomic mass is 15.1. The highest BCUT2D eigenvalue weighted by Crippen LogP contribution is 2.24. The van der Waals surface area contributed by atoms with Crippen LogP contribution in [0, 0.1) is 11.3 Å². The zero-order valence-corrected chi connectivity index (χ0v) is 11.7. The number of hydrogen-bond donors (Lipinski definition) is 2. The molecule has 0 aliphatic heterocycles. The smallest absolute Gasteiger partial charge is 0.141 e. The van der Waals surface area contributed by atoms with Crippen molar-refractivity contribution in [1.82, 2.24) is 9.88 Å². The fraction of sp³-hybridized carbons (Fsp3) is 0.600. The van der Waals surface area contributed by atoms with Crippen molar-refractivity contribution in [2.45, 2.75) is 38.6 Å². The Labute approximate surface area is 115 Å². The van der Waals surface area contributed by atoms with Gasteiger partial charge in [0, 0.05) is 19.3 Å². The van der Waals surface area contributed by atoms with Crippen molar-refractivity contribution in [3.8, 4) is 0 Å². The van der Waals surface area contributed by atoms with Crippen LogP contribution in [0.4, 0.5) is 0 Å². The van der Waals surface area contributed by atoms with E-state index in [1.54, 1.807) is 6.20 Å². The second-order valence-corrected chi connectivity index (χ2v) is 5.66. The van der Waals surface area contributed by atoms with Crippen LogP contribution in [0.1, 0.15) is 43.4 Å². The molecular weight excluding hydrogens is 236 g/mol. The van der Waals surface area contributed by atoms with Crippen LogP contribution in [0.15, 0.2) is 18.3 Å². The van der Waals surface area contributed by atoms with E-state index in [0.29, 0.717) is 5.69 Å². The Hall–Kier alpha value is -1.42. The van der Waals surface area contributed by atoms with E-state index in [0.717, 1.165) is 19.0 Å². The summed E-state index contributed by atoms with van der Waals surface area (Å²) in [7, 11) is 2.17. The molecule has 19 heavy (non-hydrogen) atoms. The maximum atomic E-state index is 7.42. The average molecular weight is 260 g/mol. The molecule has 0 saturated heterocycles. The Morgan fingerprint density at radius 2 is 2.16 bits per heavy atom. The third-order valence-electron chi connectivity index (χ3n) is 3.85. The molecule has 1 fully saturated rings. The Bertz CT molecular complexity index is 424. The number of nitrogens with two attached hydrogens (primary N) is 1. The van der Waals surface area contributed by atoms with Crippen molar-refractivity contribution >= 4 is 5.84 Å². The van der Waals surface area contributed by atoms with Crippen LogP contribution in [-0.4, -0.2) is 29.3 Å². The van der Waals surface area contributed by atoms with Crippen LogP contribution in [0.2, 0.25) is 0 Å². The summed E-state index contributed by atoms with van der Waals surface area (Å²) >= 11 is 0. The van der Waals surface area contributed by atoms with E-state index in [1.807, 2.05) is 12.1 Å². The second-order valence-electron chi connectivity index (χ2n) is 5.66. The number of nitrogens with zero attached hydrogens (tertiary/aromatic N) is 2. The standard InChI is InChI=1S/C15H24N4/c1-19(10-12-5-3-2-4-6-12)11-13-7-8-18-14(9-13)15(16)17/h7-9,12H,2-6,10-11H2,1H3,(H3,16,17). The van der Waals surface area contributed by atoms with Gasteiger partial charge in [-0.05, 0) is 43.5 Å². The SMILES string of the molecule is CN(Cc1ccnc(C(=N)N)c1)CC1CCCCC1. The zero-order valence-electron chi connectivity index (χ0n) is 11.7. The molecule has 104 valence electrons. The number of pyridine rings is 1. The number of nitrogens with one attached hydrogen (secondary N) is 1. The summed E-state index contributed by atoms with van der Waals surface area (Å²) in [6.07, 6.45) is 8.68. The lowest BCUT2D eigenvalue weighted by atomic mass is 9.89. The molecule has 4 nitrogen and oxygen atoms in total. The van der Waals surface area contributed by atoms with Gasteiger partial charge in [0.25, 0.3) is 0 Å². The van der Waals surface area contributed by atoms with Crippen molar-refractivity contribution in [1.29, 1.82) is 5.41 Å². The van der Waals surface area contributed by atoms with Gasteiger partial charge in [0.15, 0.2) is 0 Å². The Balaban J connectivity index is 1.88. The zero-order chi connectivity index (χ0) is 13.7. The molecule has 3 N–H and O–H groups in total. The molecule has 1 aliphatic rings. The first-order valence-corrected chi connectivity index (χ1v) is 7.13. The van der Waals surface area contributed by atoms with Gasteiger partial charge in [-0.1, -0.05) is 19.3 Å². The van der Waals surface area contributed by atoms with Gasteiger partial charge in [0.1, 0.15) is 11.5 Å². The number of hydrogen-bond acceptors (Lipinski definition) is 3. The normalized spacial score (nSPS) is 16.7. The van der Waals surface area contributed by atoms with Gasteiger partial charge >= 0.3 is 0 Å². The maximum Gasteiger partial charge on any atom is 0.141 e. The molecule has 0 unspecified atom stereocenters. The number of nitrogen functional groups attached to an aromatic ring is 1. The second kappa shape index (κ2) is 6.66. The summed E-state index contributed by atoms with van der Waals surface area (Å²) in [6, 6.07) is 3.92. The van der Waals surface area contributed by atoms with Gasteiger partial charge in [-0.3, -0.25) is 10.4 Å². The van der Waals surface area contributed by atoms with Crippen molar-refractivity contribution in [2.75, 3.05) is 13.6 Å². The first-order valence-electron chi connectivity index (χ1n) is 7.13. The topological polar surface area (TPSA) is 66.0 Å². The molecule has 1 aromatic heterocycles. The third-order valence-corrected chi connectivity index (χ3v) is 3.85. The van der Waals surface area contributed by atoms with E-state index in [-0.39, 0.29) is 5.84 Å². The molecule has 1 aromatic rings. The molecule has 4 heteroatoms. The van der Waals surface area contributed by atoms with E-state index in [9.17, 15) is 0 Å². The van der Waals surface area contributed by atoms with Crippen molar-refractivity contribution < 1.29 is 0 Å². The summed E-state index contributed by atoms with van der Waals surface area (Å²) in [6.45, 7) is 2.07. The molecule has 0 amide bonds. The van der Waals surface area contributed by atoms with E-state index in [4.69, 9.17) is 11.1 Å². The molecule has 0 atom stereocenters. The first-order chi connectivity index (χ1) is 9.15. The lowest BCUT2D eigenvalue weighted by Crippen LogP contribution is -2.27. The molecule has 1 saturated carbocycles. The van der Waals surface area contributed by atoms with Crippen LogP contribution in [-0.2, 0) is 6.54 Å². The van der Waals surface area contributed by atoms with E-state index < -0.39 is 0 Å². The Morgan fingerprint density at radius 3 is 2.84 bits per heavy atom. The van der Waals surface area contributed by atoms with Crippen LogP contribution in [0.5, 0.6) is 0 Å². The lowest BCUT2D eigenvalue weighted by molar-refractivity contribution is 0.228. The maximum absolute atomic E-state index is 7.42. The van der Waals surface area contributed by atoms with Gasteiger partial charge < -0.3 is 10.6 Å². The quantitative estimate of drug-likeness (QED) is 0.631. The largest absolute Gasteiger partial charge is 0.382 e. The van der Waals surface area contributed by atoms with Gasteiger partial charge in [-0.25, -0.2) is 0 Å². The predicted molar refractivity (Wildman–Crippen MR) is 78.2 cm³/mol. The number of rotatable bonds is 5. The van der Waals surface area contributed by atoms with E-state index in [1.165, 1.54) is 37.7 Å². The monoisotopic (exact) mass is 260 g/mol. The van der Waals surface area contributed by atoms with Gasteiger partial charge in [-0.15, -0.1) is 0 Å². The molecule has 0 spiro atoms. The highest BCUT2D eigenvalue weighted by molar-refractivity contribution is 5.93. The summed E-state index contributed by atoms with van der Waals surface area (Å²) in [5.74, 6) is 0.893. The van der Waals surface area contributed by atoms with Gasteiger partial charge in [-0.2, -0.15) is 0 Å². The third kappa shape index (κ3) is 4.31. The van der Waals surface area contributed by atoms with Gasteiger partial charge in [0.05, 0.1) is 0 Å². The number of amidine groups is 1. The van der Waals surface area contributed by atoms with Crippen molar-refractivity contribution in [3.05, 3.63) is 29.6 Å². The molecule has 0 bridgehead atoms. The summed E-state index contributed by atoms with van der Waals surface area (Å²) in [5, 5.41) is 7.42. The van der Waals surface area contributed by atoms with Crippen molar-refractivity contribution in [3.63, 3.8) is 0 Å². The molecule has 1 aliphatic carbocycles. The summed E-state index contributed by atoms with van der Waals surface area (Å²) < 4.78 is 0. The average Bonchev–Trinajstić information content (AvgIpc) is 2.40. The molecule has 2 rings (SSSR count). The van der Waals surface area contributed by atoms with E-state index >= 15 is 0 Å². The minimum Gasteiger partial charge on any atom is -0.382 e. The fourth-order valence-electron chi connectivity index (χ4n) is 2.91. The minimum atomic E-state index is 0.0387. The first kappa shape index (κ1) is 14.0.